The number of fused-ring (bicyclic) bond motifs is 1. The lowest BCUT2D eigenvalue weighted by Crippen LogP contribution is -2.07. The first-order valence-corrected chi connectivity index (χ1v) is 6.60. The second-order valence-electron chi connectivity index (χ2n) is 4.61. The Morgan fingerprint density at radius 1 is 0.783 bits per heavy atom. The molecule has 120 valence electrons. The third kappa shape index (κ3) is 4.61. The number of aromatic hydroxyl groups is 1. The van der Waals surface area contributed by atoms with Gasteiger partial charge in [-0.05, 0) is 28.5 Å². The lowest BCUT2D eigenvalue weighted by atomic mass is 9.96. The van der Waals surface area contributed by atoms with Crippen LogP contribution in [0.5, 0.6) is 5.75 Å². The molecule has 0 unspecified atom stereocenters. The van der Waals surface area contributed by atoms with E-state index in [2.05, 4.69) is 12.1 Å². The van der Waals surface area contributed by atoms with Crippen LogP contribution >= 0.6 is 12.4 Å². The van der Waals surface area contributed by atoms with Gasteiger partial charge in [0.15, 0.2) is 0 Å². The fraction of sp³-hybridized carbons (Fsp3) is 0. The van der Waals surface area contributed by atoms with Crippen LogP contribution in [0.2, 0.25) is 0 Å². The van der Waals surface area contributed by atoms with E-state index in [-0.39, 0.29) is 18.2 Å². The molecule has 3 rings (SSSR count). The highest BCUT2D eigenvalue weighted by Gasteiger charge is 2.10. The molecule has 3 aromatic carbocycles. The zero-order valence-corrected chi connectivity index (χ0v) is 12.9. The Bertz CT molecular complexity index is 755. The third-order valence-corrected chi connectivity index (χ3v) is 3.13. The van der Waals surface area contributed by atoms with Crippen molar-refractivity contribution >= 4 is 36.2 Å². The van der Waals surface area contributed by atoms with Crippen LogP contribution in [0.3, 0.4) is 0 Å². The first-order chi connectivity index (χ1) is 10.5. The molecule has 0 spiro atoms. The number of rotatable bonds is 1. The van der Waals surface area contributed by atoms with Crippen molar-refractivity contribution in [2.45, 2.75) is 0 Å². The lowest BCUT2D eigenvalue weighted by Gasteiger charge is -2.11. The molecule has 0 saturated heterocycles. The summed E-state index contributed by atoms with van der Waals surface area (Å²) in [6, 6.07) is 19.3. The largest absolute Gasteiger partial charge is 0.631 e. The number of nitrogen functional groups attached to an aromatic ring is 1. The maximum absolute atomic E-state index is 10.0. The van der Waals surface area contributed by atoms with E-state index in [0.717, 1.165) is 16.3 Å². The molecular formula is C16H17BClNO4. The molecule has 0 aromatic heterocycles. The summed E-state index contributed by atoms with van der Waals surface area (Å²) in [6.07, 6.45) is 0. The molecular weight excluding hydrogens is 316 g/mol. The van der Waals surface area contributed by atoms with Gasteiger partial charge in [-0.1, -0.05) is 48.5 Å². The first kappa shape index (κ1) is 18.8. The van der Waals surface area contributed by atoms with E-state index in [0.29, 0.717) is 11.3 Å². The van der Waals surface area contributed by atoms with Gasteiger partial charge < -0.3 is 25.9 Å². The predicted octanol–water partition coefficient (Wildman–Crippen LogP) is 2.16. The van der Waals surface area contributed by atoms with Crippen molar-refractivity contribution in [2.24, 2.45) is 0 Å². The Hall–Kier alpha value is -2.25. The number of benzene rings is 3. The van der Waals surface area contributed by atoms with Crippen LogP contribution in [0.15, 0.2) is 60.7 Å². The van der Waals surface area contributed by atoms with Gasteiger partial charge in [0.1, 0.15) is 5.75 Å². The molecule has 0 aliphatic carbocycles. The number of hydrogen-bond acceptors (Lipinski definition) is 5. The summed E-state index contributed by atoms with van der Waals surface area (Å²) in [4.78, 5) is 0. The Balaban J connectivity index is 0.000000478. The molecule has 5 nitrogen and oxygen atoms in total. The van der Waals surface area contributed by atoms with Gasteiger partial charge in [-0.25, -0.2) is 0 Å². The highest BCUT2D eigenvalue weighted by molar-refractivity contribution is 6.30. The number of hydrogen-bond donors (Lipinski definition) is 5. The van der Waals surface area contributed by atoms with Crippen molar-refractivity contribution in [3.63, 3.8) is 0 Å². The topological polar surface area (TPSA) is 107 Å². The summed E-state index contributed by atoms with van der Waals surface area (Å²) >= 11 is 0. The van der Waals surface area contributed by atoms with Gasteiger partial charge in [0.2, 0.25) is 0 Å². The molecule has 7 heteroatoms. The van der Waals surface area contributed by atoms with Gasteiger partial charge in [-0.3, -0.25) is 0 Å². The Morgan fingerprint density at radius 2 is 1.35 bits per heavy atom. The van der Waals surface area contributed by atoms with Crippen LogP contribution in [0, 0.1) is 0 Å². The fourth-order valence-electron chi connectivity index (χ4n) is 2.29. The first-order valence-electron chi connectivity index (χ1n) is 6.60. The predicted molar refractivity (Wildman–Crippen MR) is 95.1 cm³/mol. The number of nitrogens with two attached hydrogens (primary N) is 1. The molecule has 0 amide bonds. The van der Waals surface area contributed by atoms with Crippen molar-refractivity contribution in [1.29, 1.82) is 0 Å². The van der Waals surface area contributed by atoms with Crippen LogP contribution in [0.25, 0.3) is 21.9 Å². The van der Waals surface area contributed by atoms with Crippen LogP contribution in [-0.4, -0.2) is 27.5 Å². The summed E-state index contributed by atoms with van der Waals surface area (Å²) in [7, 11) is -2.17. The minimum Gasteiger partial charge on any atom is -0.507 e. The SMILES string of the molecule is Cl.Nc1cccc(O)c1-c1cccc2ccccc12.OB(O)O. The van der Waals surface area contributed by atoms with Gasteiger partial charge in [0, 0.05) is 11.3 Å². The standard InChI is InChI=1S/C16H13NO.BH3O3.ClH/c17-14-9-4-10-15(18)16(14)13-8-3-6-11-5-1-2-7-12(11)13;2-1(3)4;/h1-10,18H,17H2;2-4H;1H. The second-order valence-corrected chi connectivity index (χ2v) is 4.61. The minimum atomic E-state index is -2.17. The average molecular weight is 334 g/mol. The van der Waals surface area contributed by atoms with Crippen LogP contribution in [0.1, 0.15) is 0 Å². The molecule has 0 atom stereocenters. The van der Waals surface area contributed by atoms with Crippen LogP contribution in [-0.2, 0) is 0 Å². The summed E-state index contributed by atoms with van der Waals surface area (Å²) in [5.41, 5.74) is 8.24. The van der Waals surface area contributed by atoms with Crippen molar-refractivity contribution in [1.82, 2.24) is 0 Å². The zero-order chi connectivity index (χ0) is 16.1. The Kier molecular flexibility index (Phi) is 6.87. The second kappa shape index (κ2) is 8.40. The van der Waals surface area contributed by atoms with E-state index in [1.807, 2.05) is 30.3 Å². The van der Waals surface area contributed by atoms with Gasteiger partial charge in [0.25, 0.3) is 0 Å². The van der Waals surface area contributed by atoms with Crippen molar-refractivity contribution < 1.29 is 20.2 Å². The Morgan fingerprint density at radius 3 is 2.00 bits per heavy atom. The molecule has 0 fully saturated rings. The number of phenols is 1. The number of halogens is 1. The number of anilines is 1. The van der Waals surface area contributed by atoms with E-state index < -0.39 is 7.32 Å². The van der Waals surface area contributed by atoms with Crippen LogP contribution in [0.4, 0.5) is 5.69 Å². The highest BCUT2D eigenvalue weighted by atomic mass is 35.5. The highest BCUT2D eigenvalue weighted by Crippen LogP contribution is 2.38. The molecule has 0 radical (unpaired) electrons. The molecule has 0 bridgehead atoms. The molecule has 0 heterocycles. The maximum atomic E-state index is 10.0. The van der Waals surface area contributed by atoms with Gasteiger partial charge in [-0.15, -0.1) is 12.4 Å². The third-order valence-electron chi connectivity index (χ3n) is 3.13. The van der Waals surface area contributed by atoms with Crippen molar-refractivity contribution in [3.05, 3.63) is 60.7 Å². The van der Waals surface area contributed by atoms with Crippen molar-refractivity contribution in [3.8, 4) is 16.9 Å². The molecule has 0 saturated carbocycles. The van der Waals surface area contributed by atoms with Gasteiger partial charge >= 0.3 is 7.32 Å². The monoisotopic (exact) mass is 333 g/mol. The van der Waals surface area contributed by atoms with Crippen molar-refractivity contribution in [2.75, 3.05) is 5.73 Å². The van der Waals surface area contributed by atoms with E-state index >= 15 is 0 Å². The fourth-order valence-corrected chi connectivity index (χ4v) is 2.29. The molecule has 0 aliphatic rings. The van der Waals surface area contributed by atoms with E-state index in [4.69, 9.17) is 20.8 Å². The quantitative estimate of drug-likeness (QED) is 0.346. The number of phenolic OH excluding ortho intramolecular Hbond substituents is 1. The molecule has 6 N–H and O–H groups in total. The van der Waals surface area contributed by atoms with E-state index in [1.54, 1.807) is 18.2 Å². The summed E-state index contributed by atoms with van der Waals surface area (Å²) in [5.74, 6) is 0.214. The molecule has 3 aromatic rings. The lowest BCUT2D eigenvalue weighted by molar-refractivity contribution is 0.278. The zero-order valence-electron chi connectivity index (χ0n) is 12.1. The minimum absolute atomic E-state index is 0. The molecule has 0 aliphatic heterocycles. The van der Waals surface area contributed by atoms with Gasteiger partial charge in [0.05, 0.1) is 0 Å². The van der Waals surface area contributed by atoms with Crippen LogP contribution < -0.4 is 5.73 Å². The van der Waals surface area contributed by atoms with Gasteiger partial charge in [-0.2, -0.15) is 0 Å². The summed E-state index contributed by atoms with van der Waals surface area (Å²) < 4.78 is 0. The Labute approximate surface area is 140 Å². The smallest absolute Gasteiger partial charge is 0.507 e. The average Bonchev–Trinajstić information content (AvgIpc) is 2.47. The normalized spacial score (nSPS) is 9.52. The maximum Gasteiger partial charge on any atom is 0.631 e. The van der Waals surface area contributed by atoms with E-state index in [1.165, 1.54) is 0 Å². The summed E-state index contributed by atoms with van der Waals surface area (Å²) in [5, 5.41) is 33.8. The van der Waals surface area contributed by atoms with E-state index in [9.17, 15) is 5.11 Å². The molecule has 23 heavy (non-hydrogen) atoms. The summed E-state index contributed by atoms with van der Waals surface area (Å²) in [6.45, 7) is 0.